The van der Waals surface area contributed by atoms with E-state index in [1.165, 1.54) is 0 Å². The van der Waals surface area contributed by atoms with Gasteiger partial charge in [-0.05, 0) is 27.7 Å². The molecule has 0 heterocycles. The number of hydrogen-bond donors (Lipinski definition) is 0. The monoisotopic (exact) mass is 290 g/mol. The molecule has 0 fully saturated rings. The molecule has 0 atom stereocenters. The minimum absolute atomic E-state index is 0.0774. The van der Waals surface area contributed by atoms with E-state index in [1.54, 1.807) is 0 Å². The minimum Gasteiger partial charge on any atom is -0.357 e. The van der Waals surface area contributed by atoms with Gasteiger partial charge in [0.15, 0.2) is 0 Å². The van der Waals surface area contributed by atoms with E-state index in [2.05, 4.69) is 6.92 Å². The summed E-state index contributed by atoms with van der Waals surface area (Å²) in [6.07, 6.45) is 0. The van der Waals surface area contributed by atoms with Crippen LogP contribution >= 0.6 is 0 Å². The second kappa shape index (κ2) is 12.3. The zero-order valence-electron chi connectivity index (χ0n) is 12.2. The molecule has 0 saturated carbocycles. The highest BCUT2D eigenvalue weighted by Gasteiger charge is 2.20. The van der Waals surface area contributed by atoms with Crippen LogP contribution in [0.15, 0.2) is 0 Å². The first-order valence-corrected chi connectivity index (χ1v) is 8.97. The fraction of sp³-hybridized carbons (Fsp3) is 1.00. The van der Waals surface area contributed by atoms with Crippen LogP contribution in [0, 0.1) is 0 Å². The number of hydrogen-bond acceptors (Lipinski definition) is 4. The molecule has 0 saturated heterocycles. The fourth-order valence-electron chi connectivity index (χ4n) is 1.35. The molecule has 0 bridgehead atoms. The third-order valence-electron chi connectivity index (χ3n) is 2.04. The van der Waals surface area contributed by atoms with E-state index < -0.39 is 0 Å². The molecule has 0 rings (SSSR count). The van der Waals surface area contributed by atoms with Crippen molar-refractivity contribution in [2.75, 3.05) is 26.4 Å². The van der Waals surface area contributed by atoms with E-state index in [0.717, 1.165) is 0 Å². The molecule has 0 amide bonds. The van der Waals surface area contributed by atoms with Gasteiger partial charge in [-0.2, -0.15) is 0 Å². The molecule has 0 aromatic carbocycles. The maximum Gasteiger partial charge on any atom is 0.137 e. The molecule has 0 spiro atoms. The largest absolute Gasteiger partial charge is 0.357 e. The molecule has 0 aromatic heterocycles. The van der Waals surface area contributed by atoms with Crippen molar-refractivity contribution in [3.63, 3.8) is 0 Å². The van der Waals surface area contributed by atoms with Crippen molar-refractivity contribution >= 4 is 19.0 Å². The van der Waals surface area contributed by atoms with Crippen molar-refractivity contribution in [3.8, 4) is 0 Å². The quantitative estimate of drug-likeness (QED) is 0.406. The van der Waals surface area contributed by atoms with Crippen LogP contribution in [0.25, 0.3) is 0 Å². The third kappa shape index (κ3) is 9.24. The summed E-state index contributed by atoms with van der Waals surface area (Å²) in [4.78, 5) is 0. The molecule has 4 radical (unpaired) electrons. The molecule has 18 heavy (non-hydrogen) atoms. The molecule has 0 aromatic rings. The zero-order chi connectivity index (χ0) is 13.8. The summed E-state index contributed by atoms with van der Waals surface area (Å²) in [6, 6.07) is 0. The Kier molecular flexibility index (Phi) is 12.5. The SMILES string of the molecule is CCOC(OCC)[Si]C(C)[Si]C(OCC)OCC. The minimum atomic E-state index is -0.0774. The Hall–Kier alpha value is 0.274. The average Bonchev–Trinajstić information content (AvgIpc) is 2.30. The average molecular weight is 291 g/mol. The van der Waals surface area contributed by atoms with Gasteiger partial charge in [-0.15, -0.1) is 0 Å². The highest BCUT2D eigenvalue weighted by atomic mass is 28.3. The Morgan fingerprint density at radius 1 is 0.667 bits per heavy atom. The summed E-state index contributed by atoms with van der Waals surface area (Å²) < 4.78 is 22.3. The van der Waals surface area contributed by atoms with Crippen LogP contribution in [-0.2, 0) is 18.9 Å². The van der Waals surface area contributed by atoms with Crippen molar-refractivity contribution in [2.24, 2.45) is 0 Å². The van der Waals surface area contributed by atoms with Gasteiger partial charge in [0, 0.05) is 26.4 Å². The Labute approximate surface area is 116 Å². The zero-order valence-corrected chi connectivity index (χ0v) is 14.2. The van der Waals surface area contributed by atoms with Crippen molar-refractivity contribution < 1.29 is 18.9 Å². The summed E-state index contributed by atoms with van der Waals surface area (Å²) in [5.41, 5.74) is 0. The molecular formula is C12H26O4Si2. The van der Waals surface area contributed by atoms with Gasteiger partial charge in [0.05, 0.1) is 0 Å². The lowest BCUT2D eigenvalue weighted by molar-refractivity contribution is -0.0854. The van der Waals surface area contributed by atoms with E-state index in [4.69, 9.17) is 18.9 Å². The lowest BCUT2D eigenvalue weighted by Crippen LogP contribution is -2.34. The van der Waals surface area contributed by atoms with Crippen LogP contribution in [0.1, 0.15) is 34.6 Å². The van der Waals surface area contributed by atoms with Crippen LogP contribution in [0.5, 0.6) is 0 Å². The molecular weight excluding hydrogens is 264 g/mol. The molecule has 6 heteroatoms. The normalized spacial score (nSPS) is 12.0. The third-order valence-corrected chi connectivity index (χ3v) is 5.26. The Morgan fingerprint density at radius 2 is 0.944 bits per heavy atom. The number of ether oxygens (including phenoxy) is 4. The van der Waals surface area contributed by atoms with Crippen LogP contribution in [0.3, 0.4) is 0 Å². The molecule has 0 aliphatic rings. The van der Waals surface area contributed by atoms with Gasteiger partial charge in [0.1, 0.15) is 30.9 Å². The van der Waals surface area contributed by atoms with Gasteiger partial charge in [0.25, 0.3) is 0 Å². The Morgan fingerprint density at radius 3 is 1.17 bits per heavy atom. The summed E-state index contributed by atoms with van der Waals surface area (Å²) in [5, 5.41) is 0.496. The maximum absolute atomic E-state index is 5.57. The summed E-state index contributed by atoms with van der Waals surface area (Å²) in [6.45, 7) is 12.9. The van der Waals surface area contributed by atoms with Gasteiger partial charge in [0.2, 0.25) is 0 Å². The standard InChI is InChI=1S/C12H26O4Si2/c1-6-13-11(14-7-2)17-10(5)18-12(15-8-3)16-9-4/h10-12H,6-9H2,1-5H3. The Balaban J connectivity index is 4.05. The predicted octanol–water partition coefficient (Wildman–Crippen LogP) is 1.87. The highest BCUT2D eigenvalue weighted by Crippen LogP contribution is 2.09. The van der Waals surface area contributed by atoms with Crippen LogP contribution < -0.4 is 0 Å². The summed E-state index contributed by atoms with van der Waals surface area (Å²) in [7, 11) is 1.24. The molecule has 0 aliphatic heterocycles. The predicted molar refractivity (Wildman–Crippen MR) is 75.0 cm³/mol. The second-order valence-corrected chi connectivity index (χ2v) is 7.46. The van der Waals surface area contributed by atoms with Crippen LogP contribution in [-0.4, -0.2) is 57.3 Å². The Bertz CT molecular complexity index is 153. The first kappa shape index (κ1) is 18.3. The van der Waals surface area contributed by atoms with Crippen LogP contribution in [0.4, 0.5) is 0 Å². The topological polar surface area (TPSA) is 36.9 Å². The van der Waals surface area contributed by atoms with Gasteiger partial charge < -0.3 is 18.9 Å². The first-order valence-electron chi connectivity index (χ1n) is 6.66. The van der Waals surface area contributed by atoms with Crippen molar-refractivity contribution in [2.45, 2.75) is 51.6 Å². The van der Waals surface area contributed by atoms with Crippen molar-refractivity contribution in [1.29, 1.82) is 0 Å². The van der Waals surface area contributed by atoms with E-state index in [0.29, 0.717) is 50.6 Å². The van der Waals surface area contributed by atoms with E-state index >= 15 is 0 Å². The van der Waals surface area contributed by atoms with Gasteiger partial charge in [-0.1, -0.05) is 12.1 Å². The van der Waals surface area contributed by atoms with E-state index in [9.17, 15) is 0 Å². The van der Waals surface area contributed by atoms with Gasteiger partial charge >= 0.3 is 0 Å². The molecule has 0 unspecified atom stereocenters. The van der Waals surface area contributed by atoms with Gasteiger partial charge in [-0.25, -0.2) is 0 Å². The van der Waals surface area contributed by atoms with E-state index in [1.807, 2.05) is 27.7 Å². The molecule has 0 aliphatic carbocycles. The highest BCUT2D eigenvalue weighted by molar-refractivity contribution is 6.59. The van der Waals surface area contributed by atoms with E-state index in [-0.39, 0.29) is 11.8 Å². The lowest BCUT2D eigenvalue weighted by Gasteiger charge is -2.23. The van der Waals surface area contributed by atoms with Crippen LogP contribution in [0.2, 0.25) is 5.16 Å². The summed E-state index contributed by atoms with van der Waals surface area (Å²) in [5.74, 6) is -0.155. The first-order chi connectivity index (χ1) is 8.67. The summed E-state index contributed by atoms with van der Waals surface area (Å²) >= 11 is 0. The molecule has 106 valence electrons. The maximum atomic E-state index is 5.57. The smallest absolute Gasteiger partial charge is 0.137 e. The van der Waals surface area contributed by atoms with Gasteiger partial charge in [-0.3, -0.25) is 0 Å². The second-order valence-electron chi connectivity index (χ2n) is 3.54. The number of rotatable bonds is 12. The molecule has 0 N–H and O–H groups in total. The molecule has 4 nitrogen and oxygen atoms in total. The van der Waals surface area contributed by atoms with Crippen molar-refractivity contribution in [3.05, 3.63) is 0 Å². The van der Waals surface area contributed by atoms with Crippen molar-refractivity contribution in [1.82, 2.24) is 0 Å². The fourth-order valence-corrected chi connectivity index (χ4v) is 4.42. The lowest BCUT2D eigenvalue weighted by atomic mass is 10.8.